The maximum absolute atomic E-state index is 14.4. The average molecular weight is 683 g/mol. The van der Waals surface area contributed by atoms with Gasteiger partial charge in [0.05, 0.1) is 28.5 Å². The minimum absolute atomic E-state index is 0.0298. The Labute approximate surface area is 245 Å². The van der Waals surface area contributed by atoms with Gasteiger partial charge in [0.1, 0.15) is 0 Å². The predicted molar refractivity (Wildman–Crippen MR) is 164 cm³/mol. The summed E-state index contributed by atoms with van der Waals surface area (Å²) >= 11 is 13.7. The van der Waals surface area contributed by atoms with Crippen molar-refractivity contribution < 1.29 is 9.59 Å². The first-order valence-corrected chi connectivity index (χ1v) is 17.0. The lowest BCUT2D eigenvalue weighted by molar-refractivity contribution is 0.0980. The molecular weight excluding hydrogens is 656 g/mol. The molecule has 8 heteroatoms. The first kappa shape index (κ1) is 26.7. The van der Waals surface area contributed by atoms with Crippen molar-refractivity contribution in [3.05, 3.63) is 63.8 Å². The number of thiophene rings is 4. The third-order valence-corrected chi connectivity index (χ3v) is 13.0. The van der Waals surface area contributed by atoms with Crippen LogP contribution >= 0.6 is 77.2 Å². The van der Waals surface area contributed by atoms with Crippen molar-refractivity contribution >= 4 is 88.8 Å². The largest absolute Gasteiger partial charge is 0.288 e. The molecule has 0 N–H and O–H groups in total. The van der Waals surface area contributed by atoms with Gasteiger partial charge in [-0.2, -0.15) is 0 Å². The van der Waals surface area contributed by atoms with Crippen molar-refractivity contribution in [3.63, 3.8) is 0 Å². The highest BCUT2D eigenvalue weighted by atomic mass is 79.9. The lowest BCUT2D eigenvalue weighted by atomic mass is 9.82. The molecule has 0 fully saturated rings. The molecule has 0 saturated carbocycles. The second-order valence-corrected chi connectivity index (χ2v) is 16.6. The maximum atomic E-state index is 14.4. The fourth-order valence-electron chi connectivity index (χ4n) is 4.55. The van der Waals surface area contributed by atoms with Crippen LogP contribution in [0.25, 0.3) is 19.5 Å². The highest BCUT2D eigenvalue weighted by molar-refractivity contribution is 9.11. The van der Waals surface area contributed by atoms with Crippen LogP contribution in [0.3, 0.4) is 0 Å². The van der Waals surface area contributed by atoms with E-state index in [1.54, 1.807) is 45.3 Å². The molecule has 0 spiro atoms. The zero-order valence-electron chi connectivity index (χ0n) is 20.5. The van der Waals surface area contributed by atoms with E-state index in [9.17, 15) is 9.59 Å². The van der Waals surface area contributed by atoms with Crippen LogP contribution < -0.4 is 0 Å². The number of rotatable bonds is 8. The summed E-state index contributed by atoms with van der Waals surface area (Å²) in [6.07, 6.45) is 3.77. The molecular formula is C28H26Br2O2S4. The molecule has 1 aliphatic carbocycles. The normalized spacial score (nSPS) is 14.7. The first-order chi connectivity index (χ1) is 17.2. The summed E-state index contributed by atoms with van der Waals surface area (Å²) in [4.78, 5) is 34.9. The monoisotopic (exact) mass is 680 g/mol. The van der Waals surface area contributed by atoms with Gasteiger partial charge in [-0.05, 0) is 80.8 Å². The lowest BCUT2D eigenvalue weighted by Crippen LogP contribution is -2.21. The topological polar surface area (TPSA) is 34.1 Å². The van der Waals surface area contributed by atoms with Crippen LogP contribution in [-0.2, 0) is 12.8 Å². The van der Waals surface area contributed by atoms with Crippen molar-refractivity contribution in [2.75, 3.05) is 0 Å². The zero-order valence-corrected chi connectivity index (χ0v) is 26.9. The van der Waals surface area contributed by atoms with Gasteiger partial charge in [-0.25, -0.2) is 0 Å². The highest BCUT2D eigenvalue weighted by Gasteiger charge is 2.41. The summed E-state index contributed by atoms with van der Waals surface area (Å²) in [5, 5.41) is 0. The van der Waals surface area contributed by atoms with Crippen molar-refractivity contribution in [2.24, 2.45) is 11.8 Å². The molecule has 0 aliphatic heterocycles. The molecule has 0 aromatic carbocycles. The molecule has 0 saturated heterocycles. The van der Waals surface area contributed by atoms with E-state index < -0.39 is 0 Å². The van der Waals surface area contributed by atoms with Crippen LogP contribution in [0.4, 0.5) is 0 Å². The van der Waals surface area contributed by atoms with E-state index in [2.05, 4.69) is 59.6 Å². The van der Waals surface area contributed by atoms with Crippen molar-refractivity contribution in [1.29, 1.82) is 0 Å². The van der Waals surface area contributed by atoms with E-state index in [-0.39, 0.29) is 11.6 Å². The van der Waals surface area contributed by atoms with E-state index in [1.165, 1.54) is 0 Å². The second kappa shape index (κ2) is 10.7. The number of ketones is 2. The third kappa shape index (κ3) is 4.71. The summed E-state index contributed by atoms with van der Waals surface area (Å²) in [6, 6.07) is 8.11. The second-order valence-electron chi connectivity index (χ2n) is 9.51. The molecule has 188 valence electrons. The SMILES string of the molecule is CCC(C)Cc1sc(CC(C)CC)c2c1C(=O)c1c(-c3ccc(Br)s3)sc(-c3ccc(Br)s3)c1C2=O. The van der Waals surface area contributed by atoms with Crippen LogP contribution in [-0.4, -0.2) is 11.6 Å². The molecule has 2 unspecified atom stereocenters. The fraction of sp³-hybridized carbons (Fsp3) is 0.357. The Kier molecular flexibility index (Phi) is 7.93. The minimum Gasteiger partial charge on any atom is -0.288 e. The summed E-state index contributed by atoms with van der Waals surface area (Å²) in [5.74, 6) is 0.981. The predicted octanol–water partition coefficient (Wildman–Crippen LogP) is 10.7. The molecule has 0 amide bonds. The van der Waals surface area contributed by atoms with Gasteiger partial charge in [0, 0.05) is 30.6 Å². The smallest absolute Gasteiger partial charge is 0.197 e. The van der Waals surface area contributed by atoms with E-state index >= 15 is 0 Å². The van der Waals surface area contributed by atoms with Gasteiger partial charge < -0.3 is 0 Å². The Hall–Kier alpha value is -0.900. The van der Waals surface area contributed by atoms with E-state index in [4.69, 9.17) is 0 Å². The standard InChI is InChI=1S/C28H26Br2O2S4/c1-5-13(3)11-17-21-22(18(33-17)12-14(4)6-2)26(32)24-23(25(21)31)27(15-7-9-19(29)34-15)36-28(24)16-8-10-20(30)35-16/h7-10,13-14H,5-6,11-12H2,1-4H3. The molecule has 2 atom stereocenters. The van der Waals surface area contributed by atoms with Crippen molar-refractivity contribution in [1.82, 2.24) is 0 Å². The number of carbonyl (C=O) groups excluding carboxylic acids is 2. The molecule has 0 bridgehead atoms. The number of fused-ring (bicyclic) bond motifs is 2. The molecule has 4 aromatic rings. The van der Waals surface area contributed by atoms with Crippen molar-refractivity contribution in [2.45, 2.75) is 53.4 Å². The molecule has 5 rings (SSSR count). The van der Waals surface area contributed by atoms with Gasteiger partial charge in [-0.3, -0.25) is 9.59 Å². The van der Waals surface area contributed by atoms with E-state index in [0.29, 0.717) is 34.1 Å². The summed E-state index contributed by atoms with van der Waals surface area (Å²) < 4.78 is 2.03. The lowest BCUT2D eigenvalue weighted by Gasteiger charge is -2.17. The Morgan fingerprint density at radius 2 is 1.06 bits per heavy atom. The van der Waals surface area contributed by atoms with Crippen LogP contribution in [0.1, 0.15) is 82.1 Å². The van der Waals surface area contributed by atoms with Crippen LogP contribution in [0.5, 0.6) is 0 Å². The van der Waals surface area contributed by atoms with Gasteiger partial charge in [0.15, 0.2) is 11.6 Å². The Balaban J connectivity index is 1.77. The summed E-state index contributed by atoms with van der Waals surface area (Å²) in [7, 11) is 0. The van der Waals surface area contributed by atoms with Crippen LogP contribution in [0.15, 0.2) is 31.8 Å². The fourth-order valence-corrected chi connectivity index (χ4v) is 10.5. The van der Waals surface area contributed by atoms with Crippen LogP contribution in [0.2, 0.25) is 0 Å². The highest BCUT2D eigenvalue weighted by Crippen LogP contribution is 2.52. The Bertz CT molecular complexity index is 1360. The Morgan fingerprint density at radius 3 is 1.39 bits per heavy atom. The molecule has 0 radical (unpaired) electrons. The van der Waals surface area contributed by atoms with E-state index in [1.807, 2.05) is 24.3 Å². The number of hydrogen-bond acceptors (Lipinski definition) is 6. The summed E-state index contributed by atoms with van der Waals surface area (Å²) in [6.45, 7) is 8.83. The van der Waals surface area contributed by atoms with Crippen LogP contribution in [0, 0.1) is 11.8 Å². The summed E-state index contributed by atoms with van der Waals surface area (Å²) in [5.41, 5.74) is 2.57. The first-order valence-electron chi connectivity index (χ1n) is 12.1. The van der Waals surface area contributed by atoms with Gasteiger partial charge in [0.25, 0.3) is 0 Å². The number of carbonyl (C=O) groups is 2. The Morgan fingerprint density at radius 1 is 0.639 bits per heavy atom. The molecule has 1 aliphatic rings. The quantitative estimate of drug-likeness (QED) is 0.163. The minimum atomic E-state index is 0.0298. The van der Waals surface area contributed by atoms with E-state index in [0.717, 1.165) is 62.5 Å². The van der Waals surface area contributed by atoms with Gasteiger partial charge in [0.2, 0.25) is 0 Å². The molecule has 2 nitrogen and oxygen atoms in total. The number of halogens is 2. The van der Waals surface area contributed by atoms with Gasteiger partial charge in [-0.15, -0.1) is 45.3 Å². The van der Waals surface area contributed by atoms with Gasteiger partial charge >= 0.3 is 0 Å². The molecule has 36 heavy (non-hydrogen) atoms. The van der Waals surface area contributed by atoms with Crippen molar-refractivity contribution in [3.8, 4) is 19.5 Å². The maximum Gasteiger partial charge on any atom is 0.197 e. The molecule has 4 heterocycles. The number of hydrogen-bond donors (Lipinski definition) is 0. The van der Waals surface area contributed by atoms with Gasteiger partial charge in [-0.1, -0.05) is 40.5 Å². The molecule has 4 aromatic heterocycles. The zero-order chi connectivity index (χ0) is 25.7. The third-order valence-electron chi connectivity index (χ3n) is 6.93. The average Bonchev–Trinajstić information content (AvgIpc) is 3.62.